The zero-order chi connectivity index (χ0) is 9.80. The minimum Gasteiger partial charge on any atom is -0.516 e. The number of hydrogen-bond acceptors (Lipinski definition) is 1. The standard InChI is InChI=1S/C13H12O/c14-9-3-4-11-7-8-12-5-1-2-6-13(12)10-11/h1-3,5-10,14H,4H2/b9-3+. The summed E-state index contributed by atoms with van der Waals surface area (Å²) in [6.07, 6.45) is 3.61. The average Bonchev–Trinajstić information content (AvgIpc) is 2.26. The van der Waals surface area contributed by atoms with Crippen LogP contribution in [0.3, 0.4) is 0 Å². The molecule has 1 heteroatoms. The Morgan fingerprint density at radius 2 is 1.79 bits per heavy atom. The van der Waals surface area contributed by atoms with Gasteiger partial charge >= 0.3 is 0 Å². The van der Waals surface area contributed by atoms with Crippen molar-refractivity contribution in [1.82, 2.24) is 0 Å². The third-order valence-corrected chi connectivity index (χ3v) is 2.27. The van der Waals surface area contributed by atoms with Gasteiger partial charge in [-0.1, -0.05) is 42.5 Å². The van der Waals surface area contributed by atoms with Gasteiger partial charge in [0, 0.05) is 0 Å². The topological polar surface area (TPSA) is 20.2 Å². The zero-order valence-electron chi connectivity index (χ0n) is 7.85. The van der Waals surface area contributed by atoms with Crippen LogP contribution in [0.4, 0.5) is 0 Å². The number of benzene rings is 2. The largest absolute Gasteiger partial charge is 0.516 e. The van der Waals surface area contributed by atoms with E-state index in [1.54, 1.807) is 6.08 Å². The number of allylic oxidation sites excluding steroid dienone is 1. The van der Waals surface area contributed by atoms with Crippen molar-refractivity contribution < 1.29 is 5.11 Å². The van der Waals surface area contributed by atoms with Crippen molar-refractivity contribution >= 4 is 10.8 Å². The normalized spacial score (nSPS) is 11.1. The molecular formula is C13H12O. The van der Waals surface area contributed by atoms with E-state index >= 15 is 0 Å². The first-order valence-corrected chi connectivity index (χ1v) is 4.67. The van der Waals surface area contributed by atoms with Crippen molar-refractivity contribution in [2.24, 2.45) is 0 Å². The van der Waals surface area contributed by atoms with Crippen LogP contribution in [0.5, 0.6) is 0 Å². The molecule has 0 aromatic heterocycles. The predicted octanol–water partition coefficient (Wildman–Crippen LogP) is 3.45. The molecule has 70 valence electrons. The molecule has 0 aliphatic rings. The molecule has 2 rings (SSSR count). The monoisotopic (exact) mass is 184 g/mol. The Labute approximate surface area is 83.3 Å². The Balaban J connectivity index is 2.41. The van der Waals surface area contributed by atoms with E-state index < -0.39 is 0 Å². The highest BCUT2D eigenvalue weighted by Gasteiger charge is 1.93. The van der Waals surface area contributed by atoms with Gasteiger partial charge in [0.25, 0.3) is 0 Å². The second-order valence-electron chi connectivity index (χ2n) is 3.27. The van der Waals surface area contributed by atoms with Crippen molar-refractivity contribution in [2.45, 2.75) is 6.42 Å². The molecule has 0 spiro atoms. The van der Waals surface area contributed by atoms with Gasteiger partial charge in [-0.25, -0.2) is 0 Å². The molecule has 0 aliphatic carbocycles. The number of fused-ring (bicyclic) bond motifs is 1. The molecule has 0 radical (unpaired) electrons. The SMILES string of the molecule is O/C=C/Cc1ccc2ccccc2c1. The third kappa shape index (κ3) is 1.77. The molecule has 1 nitrogen and oxygen atoms in total. The van der Waals surface area contributed by atoms with Gasteiger partial charge in [-0.2, -0.15) is 0 Å². The fourth-order valence-corrected chi connectivity index (χ4v) is 1.55. The smallest absolute Gasteiger partial charge is 0.0755 e. The van der Waals surface area contributed by atoms with Crippen molar-refractivity contribution in [3.63, 3.8) is 0 Å². The number of hydrogen-bond donors (Lipinski definition) is 1. The number of aliphatic hydroxyl groups excluding tert-OH is 1. The second kappa shape index (κ2) is 3.97. The highest BCUT2D eigenvalue weighted by molar-refractivity contribution is 5.83. The maximum Gasteiger partial charge on any atom is 0.0755 e. The lowest BCUT2D eigenvalue weighted by Gasteiger charge is -2.00. The lowest BCUT2D eigenvalue weighted by Crippen LogP contribution is -1.81. The van der Waals surface area contributed by atoms with Crippen LogP contribution < -0.4 is 0 Å². The Morgan fingerprint density at radius 1 is 1.00 bits per heavy atom. The van der Waals surface area contributed by atoms with Gasteiger partial charge in [-0.3, -0.25) is 0 Å². The lowest BCUT2D eigenvalue weighted by molar-refractivity contribution is 0.471. The van der Waals surface area contributed by atoms with E-state index in [-0.39, 0.29) is 0 Å². The molecule has 0 unspecified atom stereocenters. The van der Waals surface area contributed by atoms with Gasteiger partial charge in [-0.15, -0.1) is 0 Å². The van der Waals surface area contributed by atoms with E-state index in [9.17, 15) is 0 Å². The number of aliphatic hydroxyl groups is 1. The van der Waals surface area contributed by atoms with Crippen LogP contribution in [0.25, 0.3) is 10.8 Å². The molecule has 14 heavy (non-hydrogen) atoms. The fourth-order valence-electron chi connectivity index (χ4n) is 1.55. The first-order chi connectivity index (χ1) is 6.90. The predicted molar refractivity (Wildman–Crippen MR) is 59.4 cm³/mol. The molecule has 2 aromatic carbocycles. The minimum absolute atomic E-state index is 0.779. The summed E-state index contributed by atoms with van der Waals surface area (Å²) in [6, 6.07) is 14.6. The van der Waals surface area contributed by atoms with Gasteiger partial charge in [0.2, 0.25) is 0 Å². The van der Waals surface area contributed by atoms with Crippen LogP contribution in [0, 0.1) is 0 Å². The van der Waals surface area contributed by atoms with E-state index in [0.717, 1.165) is 12.7 Å². The van der Waals surface area contributed by atoms with Gasteiger partial charge < -0.3 is 5.11 Å². The van der Waals surface area contributed by atoms with Crippen LogP contribution in [-0.4, -0.2) is 5.11 Å². The molecule has 0 saturated heterocycles. The fraction of sp³-hybridized carbons (Fsp3) is 0.0769. The summed E-state index contributed by atoms with van der Waals surface area (Å²) >= 11 is 0. The van der Waals surface area contributed by atoms with E-state index in [2.05, 4.69) is 30.3 Å². The van der Waals surface area contributed by atoms with E-state index in [1.807, 2.05) is 12.1 Å². The first kappa shape index (κ1) is 8.82. The second-order valence-corrected chi connectivity index (χ2v) is 3.27. The molecule has 0 heterocycles. The van der Waals surface area contributed by atoms with Gasteiger partial charge in [0.15, 0.2) is 0 Å². The summed E-state index contributed by atoms with van der Waals surface area (Å²) in [5.41, 5.74) is 1.22. The summed E-state index contributed by atoms with van der Waals surface area (Å²) in [6.45, 7) is 0. The molecule has 1 N–H and O–H groups in total. The Morgan fingerprint density at radius 3 is 2.57 bits per heavy atom. The molecular weight excluding hydrogens is 172 g/mol. The highest BCUT2D eigenvalue weighted by Crippen LogP contribution is 2.15. The molecule has 0 saturated carbocycles. The van der Waals surface area contributed by atoms with Crippen LogP contribution in [0.1, 0.15) is 5.56 Å². The lowest BCUT2D eigenvalue weighted by atomic mass is 10.1. The molecule has 0 amide bonds. The van der Waals surface area contributed by atoms with Gasteiger partial charge in [0.05, 0.1) is 6.26 Å². The van der Waals surface area contributed by atoms with Gasteiger partial charge in [0.1, 0.15) is 0 Å². The van der Waals surface area contributed by atoms with Crippen molar-refractivity contribution in [3.8, 4) is 0 Å². The minimum atomic E-state index is 0.779. The molecule has 0 aliphatic heterocycles. The summed E-state index contributed by atoms with van der Waals surface area (Å²) in [4.78, 5) is 0. The summed E-state index contributed by atoms with van der Waals surface area (Å²) in [5.74, 6) is 0. The maximum atomic E-state index is 8.56. The Kier molecular flexibility index (Phi) is 2.50. The van der Waals surface area contributed by atoms with Gasteiger partial charge in [-0.05, 0) is 28.8 Å². The highest BCUT2D eigenvalue weighted by atomic mass is 16.2. The van der Waals surface area contributed by atoms with Crippen LogP contribution in [0.2, 0.25) is 0 Å². The zero-order valence-corrected chi connectivity index (χ0v) is 7.85. The third-order valence-electron chi connectivity index (χ3n) is 2.27. The van der Waals surface area contributed by atoms with Crippen LogP contribution in [0.15, 0.2) is 54.8 Å². The summed E-state index contributed by atoms with van der Waals surface area (Å²) < 4.78 is 0. The quantitative estimate of drug-likeness (QED) is 0.709. The Bertz CT molecular complexity index is 457. The maximum absolute atomic E-state index is 8.56. The van der Waals surface area contributed by atoms with Crippen LogP contribution in [-0.2, 0) is 6.42 Å². The first-order valence-electron chi connectivity index (χ1n) is 4.67. The van der Waals surface area contributed by atoms with Crippen molar-refractivity contribution in [2.75, 3.05) is 0 Å². The molecule has 0 fully saturated rings. The summed E-state index contributed by atoms with van der Waals surface area (Å²) in [7, 11) is 0. The average molecular weight is 184 g/mol. The van der Waals surface area contributed by atoms with E-state index in [4.69, 9.17) is 5.11 Å². The molecule has 2 aromatic rings. The van der Waals surface area contributed by atoms with Crippen molar-refractivity contribution in [1.29, 1.82) is 0 Å². The van der Waals surface area contributed by atoms with E-state index in [1.165, 1.54) is 16.3 Å². The Hall–Kier alpha value is -1.76. The van der Waals surface area contributed by atoms with Crippen LogP contribution >= 0.6 is 0 Å². The summed E-state index contributed by atoms with van der Waals surface area (Å²) in [5, 5.41) is 11.1. The van der Waals surface area contributed by atoms with Crippen molar-refractivity contribution in [3.05, 3.63) is 60.4 Å². The van der Waals surface area contributed by atoms with E-state index in [0.29, 0.717) is 0 Å². The number of rotatable bonds is 2. The molecule has 0 bridgehead atoms. The molecule has 0 atom stereocenters.